The van der Waals surface area contributed by atoms with Crippen molar-refractivity contribution in [3.8, 4) is 0 Å². The minimum atomic E-state index is -0.186. The van der Waals surface area contributed by atoms with Crippen LogP contribution < -0.4 is 0 Å². The van der Waals surface area contributed by atoms with Gasteiger partial charge in [0.25, 0.3) is 0 Å². The molecule has 15 heavy (non-hydrogen) atoms. The summed E-state index contributed by atoms with van der Waals surface area (Å²) in [5, 5.41) is 13.0. The molecule has 0 aromatic carbocycles. The molecule has 0 spiro atoms. The minimum Gasteiger partial charge on any atom is -0.393 e. The summed E-state index contributed by atoms with van der Waals surface area (Å²) in [5.41, 5.74) is 0. The van der Waals surface area contributed by atoms with Crippen molar-refractivity contribution >= 4 is 0 Å². The molecule has 1 saturated carbocycles. The SMILES string of the molecule is CCOCCc1noc(C2CC(O)C2)n1. The van der Waals surface area contributed by atoms with Crippen LogP contribution in [-0.4, -0.2) is 34.6 Å². The molecule has 1 aromatic rings. The van der Waals surface area contributed by atoms with Crippen molar-refractivity contribution in [2.75, 3.05) is 13.2 Å². The smallest absolute Gasteiger partial charge is 0.229 e. The first-order valence-corrected chi connectivity index (χ1v) is 5.38. The predicted molar refractivity (Wildman–Crippen MR) is 52.5 cm³/mol. The highest BCUT2D eigenvalue weighted by molar-refractivity contribution is 5.01. The first-order chi connectivity index (χ1) is 7.29. The van der Waals surface area contributed by atoms with Gasteiger partial charge in [0, 0.05) is 18.9 Å². The topological polar surface area (TPSA) is 68.4 Å². The van der Waals surface area contributed by atoms with Gasteiger partial charge in [-0.25, -0.2) is 0 Å². The summed E-state index contributed by atoms with van der Waals surface area (Å²) in [4.78, 5) is 4.27. The van der Waals surface area contributed by atoms with E-state index in [2.05, 4.69) is 10.1 Å². The number of aliphatic hydroxyl groups is 1. The summed E-state index contributed by atoms with van der Waals surface area (Å²) in [6, 6.07) is 0. The molecule has 2 rings (SSSR count). The predicted octanol–water partition coefficient (Wildman–Crippen LogP) is 0.887. The van der Waals surface area contributed by atoms with E-state index in [0.717, 1.165) is 12.8 Å². The highest BCUT2D eigenvalue weighted by Gasteiger charge is 2.32. The molecule has 0 aliphatic heterocycles. The Balaban J connectivity index is 1.82. The average molecular weight is 212 g/mol. The van der Waals surface area contributed by atoms with Gasteiger partial charge in [-0.1, -0.05) is 5.16 Å². The Hall–Kier alpha value is -0.940. The maximum Gasteiger partial charge on any atom is 0.229 e. The van der Waals surface area contributed by atoms with Crippen molar-refractivity contribution in [1.29, 1.82) is 0 Å². The summed E-state index contributed by atoms with van der Waals surface area (Å²) >= 11 is 0. The number of hydrogen-bond donors (Lipinski definition) is 1. The maximum absolute atomic E-state index is 9.15. The standard InChI is InChI=1S/C10H16N2O3/c1-2-14-4-3-9-11-10(15-12-9)7-5-8(13)6-7/h7-8,13H,2-6H2,1H3. The number of nitrogens with zero attached hydrogens (tertiary/aromatic N) is 2. The Kier molecular flexibility index (Phi) is 3.33. The first-order valence-electron chi connectivity index (χ1n) is 5.38. The van der Waals surface area contributed by atoms with E-state index in [-0.39, 0.29) is 12.0 Å². The van der Waals surface area contributed by atoms with Crippen LogP contribution in [0.1, 0.15) is 37.4 Å². The molecule has 1 N–H and O–H groups in total. The third kappa shape index (κ3) is 2.54. The van der Waals surface area contributed by atoms with Gasteiger partial charge in [0.1, 0.15) is 0 Å². The lowest BCUT2D eigenvalue weighted by atomic mass is 9.82. The van der Waals surface area contributed by atoms with Gasteiger partial charge in [0.2, 0.25) is 5.89 Å². The molecule has 5 nitrogen and oxygen atoms in total. The lowest BCUT2D eigenvalue weighted by Crippen LogP contribution is -2.26. The fourth-order valence-corrected chi connectivity index (χ4v) is 1.63. The van der Waals surface area contributed by atoms with E-state index >= 15 is 0 Å². The van der Waals surface area contributed by atoms with Crippen LogP contribution in [0.3, 0.4) is 0 Å². The molecule has 0 bridgehead atoms. The lowest BCUT2D eigenvalue weighted by molar-refractivity contribution is 0.0625. The van der Waals surface area contributed by atoms with E-state index in [4.69, 9.17) is 14.4 Å². The number of aliphatic hydroxyl groups excluding tert-OH is 1. The van der Waals surface area contributed by atoms with Gasteiger partial charge >= 0.3 is 0 Å². The van der Waals surface area contributed by atoms with E-state index in [0.29, 0.717) is 31.3 Å². The highest BCUT2D eigenvalue weighted by atomic mass is 16.5. The van der Waals surface area contributed by atoms with Crippen molar-refractivity contribution in [3.05, 3.63) is 11.7 Å². The van der Waals surface area contributed by atoms with Crippen molar-refractivity contribution in [3.63, 3.8) is 0 Å². The van der Waals surface area contributed by atoms with Crippen LogP contribution in [0.15, 0.2) is 4.52 Å². The quantitative estimate of drug-likeness (QED) is 0.734. The molecule has 1 heterocycles. The van der Waals surface area contributed by atoms with E-state index in [9.17, 15) is 0 Å². The molecule has 0 amide bonds. The molecule has 5 heteroatoms. The number of ether oxygens (including phenoxy) is 1. The molecule has 0 radical (unpaired) electrons. The van der Waals surface area contributed by atoms with E-state index in [1.54, 1.807) is 0 Å². The number of hydrogen-bond acceptors (Lipinski definition) is 5. The van der Waals surface area contributed by atoms with Crippen molar-refractivity contribution in [1.82, 2.24) is 10.1 Å². The Labute approximate surface area is 88.4 Å². The van der Waals surface area contributed by atoms with Gasteiger partial charge in [-0.2, -0.15) is 4.98 Å². The van der Waals surface area contributed by atoms with Crippen molar-refractivity contribution in [2.45, 2.75) is 38.2 Å². The van der Waals surface area contributed by atoms with Gasteiger partial charge in [-0.3, -0.25) is 0 Å². The fourth-order valence-electron chi connectivity index (χ4n) is 1.63. The average Bonchev–Trinajstić information content (AvgIpc) is 2.62. The van der Waals surface area contributed by atoms with Crippen LogP contribution >= 0.6 is 0 Å². The first kappa shape index (κ1) is 10.6. The normalized spacial score (nSPS) is 25.2. The van der Waals surface area contributed by atoms with Crippen LogP contribution in [0.2, 0.25) is 0 Å². The number of aromatic nitrogens is 2. The summed E-state index contributed by atoms with van der Waals surface area (Å²) in [6.07, 6.45) is 1.99. The Bertz CT molecular complexity index is 307. The molecule has 1 aromatic heterocycles. The van der Waals surface area contributed by atoms with Crippen LogP contribution in [0.4, 0.5) is 0 Å². The largest absolute Gasteiger partial charge is 0.393 e. The zero-order valence-electron chi connectivity index (χ0n) is 8.85. The molecule has 0 atom stereocenters. The van der Waals surface area contributed by atoms with Crippen molar-refractivity contribution < 1.29 is 14.4 Å². The van der Waals surface area contributed by atoms with E-state index in [1.165, 1.54) is 0 Å². The van der Waals surface area contributed by atoms with Gasteiger partial charge in [0.05, 0.1) is 12.7 Å². The molecule has 84 valence electrons. The summed E-state index contributed by atoms with van der Waals surface area (Å²) in [6.45, 7) is 3.29. The van der Waals surface area contributed by atoms with Gasteiger partial charge in [0.15, 0.2) is 5.82 Å². The maximum atomic E-state index is 9.15. The second-order valence-corrected chi connectivity index (χ2v) is 3.82. The lowest BCUT2D eigenvalue weighted by Gasteiger charge is -2.27. The Morgan fingerprint density at radius 3 is 3.00 bits per heavy atom. The molecular formula is C10H16N2O3. The zero-order chi connectivity index (χ0) is 10.7. The minimum absolute atomic E-state index is 0.186. The molecule has 1 aliphatic rings. The van der Waals surface area contributed by atoms with Gasteiger partial charge in [-0.15, -0.1) is 0 Å². The van der Waals surface area contributed by atoms with Crippen LogP contribution in [-0.2, 0) is 11.2 Å². The van der Waals surface area contributed by atoms with Crippen molar-refractivity contribution in [2.24, 2.45) is 0 Å². The summed E-state index contributed by atoms with van der Waals surface area (Å²) in [5.74, 6) is 1.61. The fraction of sp³-hybridized carbons (Fsp3) is 0.800. The van der Waals surface area contributed by atoms with Gasteiger partial charge in [-0.05, 0) is 19.8 Å². The third-order valence-electron chi connectivity index (χ3n) is 2.62. The van der Waals surface area contributed by atoms with E-state index < -0.39 is 0 Å². The second kappa shape index (κ2) is 4.72. The second-order valence-electron chi connectivity index (χ2n) is 3.82. The monoisotopic (exact) mass is 212 g/mol. The van der Waals surface area contributed by atoms with Crippen LogP contribution in [0.25, 0.3) is 0 Å². The zero-order valence-corrected chi connectivity index (χ0v) is 8.85. The highest BCUT2D eigenvalue weighted by Crippen LogP contribution is 2.35. The molecule has 1 aliphatic carbocycles. The Morgan fingerprint density at radius 1 is 1.53 bits per heavy atom. The molecular weight excluding hydrogens is 196 g/mol. The summed E-state index contributed by atoms with van der Waals surface area (Å²) < 4.78 is 10.3. The molecule has 0 saturated heterocycles. The van der Waals surface area contributed by atoms with Crippen LogP contribution in [0.5, 0.6) is 0 Å². The Morgan fingerprint density at radius 2 is 2.33 bits per heavy atom. The van der Waals surface area contributed by atoms with E-state index in [1.807, 2.05) is 6.92 Å². The molecule has 0 unspecified atom stereocenters. The summed E-state index contributed by atoms with van der Waals surface area (Å²) in [7, 11) is 0. The third-order valence-corrected chi connectivity index (χ3v) is 2.62. The number of rotatable bonds is 5. The van der Waals surface area contributed by atoms with Crippen LogP contribution in [0, 0.1) is 0 Å². The molecule has 1 fully saturated rings. The van der Waals surface area contributed by atoms with Gasteiger partial charge < -0.3 is 14.4 Å².